The second-order valence-electron chi connectivity index (χ2n) is 8.88. The SMILES string of the molecule is CC1=NC(N2CC=C(c3ccc(F)cc3)[C@H](N)C2)=NC(=O)C(C)C1CCc1ccc(C(F)(F)F)s1. The molecule has 0 spiro atoms. The molecule has 35 heavy (non-hydrogen) atoms. The number of hydrogen-bond acceptors (Lipinski definition) is 5. The summed E-state index contributed by atoms with van der Waals surface area (Å²) in [6, 6.07) is 8.35. The van der Waals surface area contributed by atoms with E-state index in [1.165, 1.54) is 18.2 Å². The molecule has 1 aromatic carbocycles. The second-order valence-corrected chi connectivity index (χ2v) is 10.0. The van der Waals surface area contributed by atoms with E-state index in [0.717, 1.165) is 34.3 Å². The molecule has 2 unspecified atom stereocenters. The fourth-order valence-corrected chi connectivity index (χ4v) is 5.36. The lowest BCUT2D eigenvalue weighted by Crippen LogP contribution is -2.45. The van der Waals surface area contributed by atoms with Gasteiger partial charge in [-0.3, -0.25) is 4.79 Å². The van der Waals surface area contributed by atoms with Gasteiger partial charge in [0.05, 0.1) is 0 Å². The van der Waals surface area contributed by atoms with Crippen LogP contribution in [0.2, 0.25) is 0 Å². The highest BCUT2D eigenvalue weighted by Gasteiger charge is 2.34. The van der Waals surface area contributed by atoms with Crippen LogP contribution in [0.4, 0.5) is 17.6 Å². The van der Waals surface area contributed by atoms with Gasteiger partial charge >= 0.3 is 6.18 Å². The van der Waals surface area contributed by atoms with Crippen molar-refractivity contribution in [3.8, 4) is 0 Å². The first-order valence-electron chi connectivity index (χ1n) is 11.3. The summed E-state index contributed by atoms with van der Waals surface area (Å²) in [6.45, 7) is 4.44. The normalized spacial score (nSPS) is 23.5. The molecule has 1 aromatic heterocycles. The number of carbonyl (C=O) groups is 1. The third-order valence-corrected chi connectivity index (χ3v) is 7.66. The molecule has 5 nitrogen and oxygen atoms in total. The summed E-state index contributed by atoms with van der Waals surface area (Å²) in [5.41, 5.74) is 8.83. The van der Waals surface area contributed by atoms with E-state index in [4.69, 9.17) is 5.73 Å². The Morgan fingerprint density at radius 1 is 1.14 bits per heavy atom. The minimum Gasteiger partial charge on any atom is -0.335 e. The predicted octanol–water partition coefficient (Wildman–Crippen LogP) is 5.17. The van der Waals surface area contributed by atoms with Crippen LogP contribution < -0.4 is 5.73 Å². The first-order chi connectivity index (χ1) is 16.5. The third kappa shape index (κ3) is 5.70. The van der Waals surface area contributed by atoms with E-state index in [1.807, 2.05) is 17.9 Å². The Bertz CT molecular complexity index is 1180. The average molecular weight is 507 g/mol. The van der Waals surface area contributed by atoms with E-state index in [-0.39, 0.29) is 23.7 Å². The van der Waals surface area contributed by atoms with Gasteiger partial charge in [0.25, 0.3) is 5.91 Å². The maximum atomic E-state index is 13.3. The lowest BCUT2D eigenvalue weighted by molar-refractivity contribution is -0.134. The number of aliphatic imine (C=N–C) groups is 2. The van der Waals surface area contributed by atoms with Crippen LogP contribution in [-0.2, 0) is 17.4 Å². The van der Waals surface area contributed by atoms with E-state index in [0.29, 0.717) is 36.8 Å². The van der Waals surface area contributed by atoms with Gasteiger partial charge in [0.15, 0.2) is 0 Å². The van der Waals surface area contributed by atoms with Crippen LogP contribution in [0.25, 0.3) is 5.57 Å². The van der Waals surface area contributed by atoms with Crippen molar-refractivity contribution < 1.29 is 22.4 Å². The zero-order valence-corrected chi connectivity index (χ0v) is 20.2. The summed E-state index contributed by atoms with van der Waals surface area (Å²) < 4.78 is 52.0. The molecule has 0 saturated carbocycles. The number of nitrogens with two attached hydrogens (primary N) is 1. The zero-order chi connectivity index (χ0) is 25.3. The highest BCUT2D eigenvalue weighted by Crippen LogP contribution is 2.36. The second kappa shape index (κ2) is 10.0. The van der Waals surface area contributed by atoms with Crippen molar-refractivity contribution in [2.75, 3.05) is 13.1 Å². The van der Waals surface area contributed by atoms with Gasteiger partial charge in [0.1, 0.15) is 10.7 Å². The van der Waals surface area contributed by atoms with E-state index >= 15 is 0 Å². The number of carbonyl (C=O) groups excluding carboxylic acids is 1. The molecule has 3 heterocycles. The number of halogens is 4. The highest BCUT2D eigenvalue weighted by molar-refractivity contribution is 7.12. The van der Waals surface area contributed by atoms with Gasteiger partial charge in [-0.1, -0.05) is 25.1 Å². The molecule has 1 amide bonds. The van der Waals surface area contributed by atoms with E-state index in [9.17, 15) is 22.4 Å². The van der Waals surface area contributed by atoms with Crippen molar-refractivity contribution in [2.45, 2.75) is 38.9 Å². The standard InChI is InChI=1S/C25H26F4N4OS/c1-14-19(9-7-18-8-10-22(35-18)25(27,28)29)15(2)31-24(32-23(14)34)33-12-11-20(21(30)13-33)16-3-5-17(26)6-4-16/h3-6,8,10-11,14,19,21H,7,9,12-13,30H2,1-2H3/t14?,19?,21-/m1/s1. The largest absolute Gasteiger partial charge is 0.425 e. The number of thiophene rings is 1. The van der Waals surface area contributed by atoms with Crippen LogP contribution in [0, 0.1) is 17.7 Å². The van der Waals surface area contributed by atoms with Crippen molar-refractivity contribution in [2.24, 2.45) is 27.6 Å². The van der Waals surface area contributed by atoms with Crippen molar-refractivity contribution >= 4 is 34.5 Å². The van der Waals surface area contributed by atoms with Crippen molar-refractivity contribution in [1.29, 1.82) is 0 Å². The van der Waals surface area contributed by atoms with Gasteiger partial charge in [0.2, 0.25) is 5.96 Å². The number of benzene rings is 1. The lowest BCUT2D eigenvalue weighted by Gasteiger charge is -2.31. The fourth-order valence-electron chi connectivity index (χ4n) is 4.47. The Hall–Kier alpha value is -2.85. The molecule has 0 saturated heterocycles. The Morgan fingerprint density at radius 3 is 2.49 bits per heavy atom. The van der Waals surface area contributed by atoms with E-state index in [2.05, 4.69) is 9.98 Å². The van der Waals surface area contributed by atoms with Gasteiger partial charge in [-0.2, -0.15) is 18.2 Å². The molecule has 2 aliphatic rings. The summed E-state index contributed by atoms with van der Waals surface area (Å²) >= 11 is 0.732. The van der Waals surface area contributed by atoms with Crippen LogP contribution in [0.15, 0.2) is 52.5 Å². The summed E-state index contributed by atoms with van der Waals surface area (Å²) in [7, 11) is 0. The topological polar surface area (TPSA) is 71.0 Å². The molecule has 0 radical (unpaired) electrons. The summed E-state index contributed by atoms with van der Waals surface area (Å²) in [5, 5.41) is 0. The van der Waals surface area contributed by atoms with Gasteiger partial charge in [-0.05, 0) is 55.2 Å². The third-order valence-electron chi connectivity index (χ3n) is 6.47. The Morgan fingerprint density at radius 2 is 1.86 bits per heavy atom. The van der Waals surface area contributed by atoms with Crippen molar-refractivity contribution in [3.63, 3.8) is 0 Å². The molecule has 4 rings (SSSR count). The number of alkyl halides is 3. The molecular formula is C25H26F4N4OS. The first kappa shape index (κ1) is 25.2. The van der Waals surface area contributed by atoms with E-state index < -0.39 is 17.0 Å². The van der Waals surface area contributed by atoms with Gasteiger partial charge in [-0.15, -0.1) is 11.3 Å². The molecule has 10 heteroatoms. The number of nitrogens with zero attached hydrogens (tertiary/aromatic N) is 3. The van der Waals surface area contributed by atoms with Gasteiger partial charge in [-0.25, -0.2) is 9.38 Å². The maximum Gasteiger partial charge on any atom is 0.425 e. The molecule has 0 fully saturated rings. The van der Waals surface area contributed by atoms with Crippen LogP contribution in [0.5, 0.6) is 0 Å². The number of hydrogen-bond donors (Lipinski definition) is 1. The van der Waals surface area contributed by atoms with Crippen LogP contribution in [0.3, 0.4) is 0 Å². The molecule has 2 aliphatic heterocycles. The fraction of sp³-hybridized carbons (Fsp3) is 0.400. The van der Waals surface area contributed by atoms with Crippen LogP contribution >= 0.6 is 11.3 Å². The Balaban J connectivity index is 1.48. The summed E-state index contributed by atoms with van der Waals surface area (Å²) in [4.78, 5) is 23.6. The highest BCUT2D eigenvalue weighted by atomic mass is 32.1. The molecule has 0 bridgehead atoms. The average Bonchev–Trinajstić information content (AvgIpc) is 3.25. The Labute approximate surface area is 205 Å². The maximum absolute atomic E-state index is 13.3. The molecular weight excluding hydrogens is 480 g/mol. The number of guanidine groups is 1. The lowest BCUT2D eigenvalue weighted by atomic mass is 9.85. The Kier molecular flexibility index (Phi) is 7.23. The molecule has 2 N–H and O–H groups in total. The quantitative estimate of drug-likeness (QED) is 0.582. The van der Waals surface area contributed by atoms with Crippen molar-refractivity contribution in [3.05, 3.63) is 63.6 Å². The number of rotatable bonds is 4. The molecule has 3 atom stereocenters. The smallest absolute Gasteiger partial charge is 0.335 e. The van der Waals surface area contributed by atoms with Gasteiger partial charge < -0.3 is 10.6 Å². The van der Waals surface area contributed by atoms with Crippen LogP contribution in [-0.4, -0.2) is 41.6 Å². The monoisotopic (exact) mass is 506 g/mol. The molecule has 2 aromatic rings. The molecule has 0 aliphatic carbocycles. The molecule has 186 valence electrons. The zero-order valence-electron chi connectivity index (χ0n) is 19.3. The predicted molar refractivity (Wildman–Crippen MR) is 130 cm³/mol. The minimum absolute atomic E-state index is 0.232. The van der Waals surface area contributed by atoms with Crippen molar-refractivity contribution in [1.82, 2.24) is 4.90 Å². The van der Waals surface area contributed by atoms with Gasteiger partial charge in [0, 0.05) is 41.6 Å². The van der Waals surface area contributed by atoms with E-state index in [1.54, 1.807) is 19.1 Å². The number of amides is 1. The van der Waals surface area contributed by atoms with Crippen LogP contribution in [0.1, 0.15) is 35.6 Å². The summed E-state index contributed by atoms with van der Waals surface area (Å²) in [6.07, 6.45) is -1.50. The number of aryl methyl sites for hydroxylation is 1. The summed E-state index contributed by atoms with van der Waals surface area (Å²) in [5.74, 6) is -1.01. The first-order valence-corrected chi connectivity index (χ1v) is 12.1. The minimum atomic E-state index is -4.35.